The Morgan fingerprint density at radius 3 is 2.60 bits per heavy atom. The molecule has 0 bridgehead atoms. The maximum atomic E-state index is 13.0. The molecule has 2 aromatic heterocycles. The van der Waals surface area contributed by atoms with Crippen LogP contribution in [0.2, 0.25) is 0 Å². The molecule has 0 spiro atoms. The number of amides is 1. The molecule has 0 radical (unpaired) electrons. The number of aromatic hydroxyl groups is 1. The molecule has 0 atom stereocenters. The van der Waals surface area contributed by atoms with E-state index in [2.05, 4.69) is 20.3 Å². The number of hydrogen-bond acceptors (Lipinski definition) is 5. The molecule has 7 heteroatoms. The zero-order chi connectivity index (χ0) is 20.7. The fourth-order valence-electron chi connectivity index (χ4n) is 4.67. The number of pyridine rings is 1. The number of fused-ring (bicyclic) bond motifs is 1. The lowest BCUT2D eigenvalue weighted by molar-refractivity contribution is 0.0893. The van der Waals surface area contributed by atoms with Gasteiger partial charge in [-0.25, -0.2) is 4.98 Å². The molecular weight excluding hydrogens is 380 g/mol. The Labute approximate surface area is 173 Å². The van der Waals surface area contributed by atoms with Gasteiger partial charge in [-0.2, -0.15) is 0 Å². The van der Waals surface area contributed by atoms with Crippen molar-refractivity contribution in [1.29, 1.82) is 0 Å². The zero-order valence-corrected chi connectivity index (χ0v) is 16.6. The average Bonchev–Trinajstić information content (AvgIpc) is 3.56. The molecule has 154 valence electrons. The van der Waals surface area contributed by atoms with E-state index in [-0.39, 0.29) is 17.1 Å². The number of hydrogen-bond donors (Lipinski definition) is 3. The molecule has 2 heterocycles. The van der Waals surface area contributed by atoms with E-state index >= 15 is 0 Å². The molecule has 5 rings (SSSR count). The standard InChI is InChI=1S/C23H24N4O3/c28-19-18(21(29)27-23(10-11-23)16-8-2-1-3-9-16)25-20(26-22(19)30)17-12-14-6-4-5-7-15(14)13-24-17/h4-7,12-13,16,28H,1-3,8-11H2,(H,27,29)(H,25,26,30). The summed E-state index contributed by atoms with van der Waals surface area (Å²) in [7, 11) is 0. The SMILES string of the molecule is O=C(NC1(C2CCCCC2)CC1)c1nc(-c2cc3ccccc3cn2)[nH]c(=O)c1O. The average molecular weight is 404 g/mol. The topological polar surface area (TPSA) is 108 Å². The van der Waals surface area contributed by atoms with E-state index in [9.17, 15) is 14.7 Å². The number of carbonyl (C=O) groups excluding carboxylic acids is 1. The third kappa shape index (κ3) is 3.34. The first-order valence-corrected chi connectivity index (χ1v) is 10.6. The molecule has 0 saturated heterocycles. The summed E-state index contributed by atoms with van der Waals surface area (Å²) in [4.78, 5) is 36.5. The molecule has 2 saturated carbocycles. The van der Waals surface area contributed by atoms with Crippen molar-refractivity contribution >= 4 is 16.7 Å². The summed E-state index contributed by atoms with van der Waals surface area (Å²) in [5, 5.41) is 15.3. The number of aromatic amines is 1. The summed E-state index contributed by atoms with van der Waals surface area (Å²) in [5.74, 6) is -0.530. The molecule has 2 aliphatic rings. The van der Waals surface area contributed by atoms with Crippen LogP contribution >= 0.6 is 0 Å². The monoisotopic (exact) mass is 404 g/mol. The summed E-state index contributed by atoms with van der Waals surface area (Å²) in [5.41, 5.74) is -0.767. The summed E-state index contributed by atoms with van der Waals surface area (Å²) in [6.07, 6.45) is 9.42. The van der Waals surface area contributed by atoms with Gasteiger partial charge in [0.25, 0.3) is 11.5 Å². The summed E-state index contributed by atoms with van der Waals surface area (Å²) < 4.78 is 0. The first kappa shape index (κ1) is 18.8. The minimum atomic E-state index is -0.748. The first-order valence-electron chi connectivity index (χ1n) is 10.6. The molecule has 30 heavy (non-hydrogen) atoms. The number of carbonyl (C=O) groups is 1. The number of benzene rings is 1. The van der Waals surface area contributed by atoms with Gasteiger partial charge in [0.05, 0.1) is 0 Å². The first-order chi connectivity index (χ1) is 14.6. The van der Waals surface area contributed by atoms with Gasteiger partial charge < -0.3 is 15.4 Å². The van der Waals surface area contributed by atoms with Crippen molar-refractivity contribution in [2.24, 2.45) is 5.92 Å². The van der Waals surface area contributed by atoms with Gasteiger partial charge in [0.1, 0.15) is 5.69 Å². The van der Waals surface area contributed by atoms with Crippen molar-refractivity contribution in [3.8, 4) is 17.3 Å². The van der Waals surface area contributed by atoms with Gasteiger partial charge >= 0.3 is 0 Å². The lowest BCUT2D eigenvalue weighted by atomic mass is 9.82. The Bertz CT molecular complexity index is 1180. The maximum absolute atomic E-state index is 13.0. The van der Waals surface area contributed by atoms with Crippen LogP contribution in [0.15, 0.2) is 41.3 Å². The fraction of sp³-hybridized carbons (Fsp3) is 0.391. The second-order valence-corrected chi connectivity index (χ2v) is 8.47. The van der Waals surface area contributed by atoms with Crippen molar-refractivity contribution in [2.45, 2.75) is 50.5 Å². The van der Waals surface area contributed by atoms with Crippen LogP contribution in [-0.4, -0.2) is 31.5 Å². The van der Waals surface area contributed by atoms with Crippen LogP contribution in [-0.2, 0) is 0 Å². The normalized spacial score (nSPS) is 18.3. The number of aromatic nitrogens is 3. The predicted molar refractivity (Wildman–Crippen MR) is 113 cm³/mol. The Hall–Kier alpha value is -3.22. The van der Waals surface area contributed by atoms with Crippen molar-refractivity contribution in [3.63, 3.8) is 0 Å². The lowest BCUT2D eigenvalue weighted by Crippen LogP contribution is -2.44. The third-order valence-corrected chi connectivity index (χ3v) is 6.52. The highest BCUT2D eigenvalue weighted by Crippen LogP contribution is 2.48. The van der Waals surface area contributed by atoms with E-state index in [1.807, 2.05) is 24.3 Å². The van der Waals surface area contributed by atoms with Crippen LogP contribution in [0.25, 0.3) is 22.3 Å². The van der Waals surface area contributed by atoms with Gasteiger partial charge in [0, 0.05) is 17.1 Å². The van der Waals surface area contributed by atoms with Gasteiger partial charge in [0.15, 0.2) is 11.5 Å². The Kier molecular flexibility index (Phi) is 4.53. The molecule has 0 aliphatic heterocycles. The fourth-order valence-corrected chi connectivity index (χ4v) is 4.67. The third-order valence-electron chi connectivity index (χ3n) is 6.52. The highest BCUT2D eigenvalue weighted by Gasteiger charge is 2.50. The Morgan fingerprint density at radius 2 is 1.87 bits per heavy atom. The quantitative estimate of drug-likeness (QED) is 0.616. The highest BCUT2D eigenvalue weighted by atomic mass is 16.3. The van der Waals surface area contributed by atoms with Crippen LogP contribution in [0.3, 0.4) is 0 Å². The van der Waals surface area contributed by atoms with Crippen LogP contribution in [0.1, 0.15) is 55.4 Å². The number of nitrogens with one attached hydrogen (secondary N) is 2. The molecule has 7 nitrogen and oxygen atoms in total. The molecule has 1 aromatic carbocycles. The molecule has 0 unspecified atom stereocenters. The van der Waals surface area contributed by atoms with E-state index in [0.717, 1.165) is 36.5 Å². The van der Waals surface area contributed by atoms with E-state index in [0.29, 0.717) is 11.6 Å². The molecule has 3 N–H and O–H groups in total. The second kappa shape index (κ2) is 7.23. The van der Waals surface area contributed by atoms with Crippen molar-refractivity contribution in [3.05, 3.63) is 52.6 Å². The summed E-state index contributed by atoms with van der Waals surface area (Å²) in [6.45, 7) is 0. The van der Waals surface area contributed by atoms with Crippen molar-refractivity contribution in [1.82, 2.24) is 20.3 Å². The highest BCUT2D eigenvalue weighted by molar-refractivity contribution is 5.96. The number of H-pyrrole nitrogens is 1. The van der Waals surface area contributed by atoms with Gasteiger partial charge in [0.2, 0.25) is 5.75 Å². The Balaban J connectivity index is 1.47. The van der Waals surface area contributed by atoms with Gasteiger partial charge in [-0.05, 0) is 43.1 Å². The predicted octanol–water partition coefficient (Wildman–Crippen LogP) is 3.53. The van der Waals surface area contributed by atoms with E-state index in [1.54, 1.807) is 12.3 Å². The van der Waals surface area contributed by atoms with Crippen LogP contribution in [0.5, 0.6) is 5.75 Å². The zero-order valence-electron chi connectivity index (χ0n) is 16.6. The van der Waals surface area contributed by atoms with Crippen molar-refractivity contribution in [2.75, 3.05) is 0 Å². The van der Waals surface area contributed by atoms with E-state index in [4.69, 9.17) is 0 Å². The minimum absolute atomic E-state index is 0.163. The second-order valence-electron chi connectivity index (χ2n) is 8.47. The van der Waals surface area contributed by atoms with Crippen LogP contribution in [0.4, 0.5) is 0 Å². The lowest BCUT2D eigenvalue weighted by Gasteiger charge is -2.31. The summed E-state index contributed by atoms with van der Waals surface area (Å²) >= 11 is 0. The van der Waals surface area contributed by atoms with Gasteiger partial charge in [-0.15, -0.1) is 0 Å². The summed E-state index contributed by atoms with van der Waals surface area (Å²) in [6, 6.07) is 9.52. The maximum Gasteiger partial charge on any atom is 0.294 e. The Morgan fingerprint density at radius 1 is 1.13 bits per heavy atom. The number of rotatable bonds is 4. The van der Waals surface area contributed by atoms with E-state index in [1.165, 1.54) is 19.3 Å². The van der Waals surface area contributed by atoms with Gasteiger partial charge in [-0.3, -0.25) is 14.6 Å². The molecule has 2 fully saturated rings. The molecule has 3 aromatic rings. The molecule has 1 amide bonds. The van der Waals surface area contributed by atoms with E-state index < -0.39 is 17.2 Å². The minimum Gasteiger partial charge on any atom is -0.501 e. The largest absolute Gasteiger partial charge is 0.501 e. The van der Waals surface area contributed by atoms with Crippen molar-refractivity contribution < 1.29 is 9.90 Å². The molecular formula is C23H24N4O3. The molecule has 2 aliphatic carbocycles. The number of nitrogens with zero attached hydrogens (tertiary/aromatic N) is 2. The van der Waals surface area contributed by atoms with Crippen LogP contribution in [0, 0.1) is 5.92 Å². The van der Waals surface area contributed by atoms with Crippen LogP contribution < -0.4 is 10.9 Å². The smallest absolute Gasteiger partial charge is 0.294 e. The van der Waals surface area contributed by atoms with Gasteiger partial charge in [-0.1, -0.05) is 43.5 Å².